The van der Waals surface area contributed by atoms with Crippen molar-refractivity contribution in [3.63, 3.8) is 0 Å². The molecule has 0 aromatic carbocycles. The number of carbonyl (C=O) groups is 3. The van der Waals surface area contributed by atoms with E-state index < -0.39 is 12.1 Å². The number of hydrogen-bond donors (Lipinski definition) is 1. The summed E-state index contributed by atoms with van der Waals surface area (Å²) in [7, 11) is 3.05. The summed E-state index contributed by atoms with van der Waals surface area (Å²) < 4.78 is 15.8. The van der Waals surface area contributed by atoms with Crippen molar-refractivity contribution in [2.24, 2.45) is 0 Å². The van der Waals surface area contributed by atoms with E-state index in [4.69, 9.17) is 14.2 Å². The minimum atomic E-state index is -0.476. The number of hydrogen-bond acceptors (Lipinski definition) is 9. The fourth-order valence-corrected chi connectivity index (χ4v) is 4.40. The van der Waals surface area contributed by atoms with E-state index in [1.807, 2.05) is 12.1 Å². The summed E-state index contributed by atoms with van der Waals surface area (Å²) in [5, 5.41) is 12.0. The van der Waals surface area contributed by atoms with E-state index in [2.05, 4.69) is 15.3 Å². The summed E-state index contributed by atoms with van der Waals surface area (Å²) in [5.41, 5.74) is 1.86. The Kier molecular flexibility index (Phi) is 8.27. The summed E-state index contributed by atoms with van der Waals surface area (Å²) in [4.78, 5) is 49.3. The van der Waals surface area contributed by atoms with Gasteiger partial charge in [0, 0.05) is 51.9 Å². The first-order chi connectivity index (χ1) is 18.0. The van der Waals surface area contributed by atoms with Crippen LogP contribution in [0.3, 0.4) is 0 Å². The lowest BCUT2D eigenvalue weighted by atomic mass is 10.0. The largest absolute Gasteiger partial charge is 0.490 e. The van der Waals surface area contributed by atoms with Gasteiger partial charge in [-0.05, 0) is 24.5 Å². The van der Waals surface area contributed by atoms with Gasteiger partial charge in [-0.25, -0.2) is 14.8 Å². The number of fused-ring (bicyclic) bond motifs is 1. The average molecular weight is 509 g/mol. The second kappa shape index (κ2) is 11.8. The Bertz CT molecular complexity index is 1230. The smallest absolute Gasteiger partial charge is 0.328 e. The van der Waals surface area contributed by atoms with Crippen LogP contribution in [0, 0.1) is 11.3 Å². The highest BCUT2D eigenvalue weighted by Crippen LogP contribution is 2.29. The summed E-state index contributed by atoms with van der Waals surface area (Å²) in [5.74, 6) is 0.763. The Morgan fingerprint density at radius 3 is 2.84 bits per heavy atom. The van der Waals surface area contributed by atoms with E-state index in [1.165, 1.54) is 24.3 Å². The van der Waals surface area contributed by atoms with Gasteiger partial charge in [-0.2, -0.15) is 5.26 Å². The van der Waals surface area contributed by atoms with Gasteiger partial charge in [0.05, 0.1) is 12.8 Å². The third kappa shape index (κ3) is 5.68. The van der Waals surface area contributed by atoms with Crippen molar-refractivity contribution in [2.75, 3.05) is 50.7 Å². The number of methoxy groups -OCH3 is 2. The lowest BCUT2D eigenvalue weighted by molar-refractivity contribution is -0.136. The molecule has 4 heterocycles. The molecule has 0 spiro atoms. The first-order valence-corrected chi connectivity index (χ1v) is 11.9. The van der Waals surface area contributed by atoms with Gasteiger partial charge >= 0.3 is 6.03 Å². The molecule has 2 aromatic heterocycles. The van der Waals surface area contributed by atoms with Gasteiger partial charge in [-0.15, -0.1) is 0 Å². The number of ether oxygens (including phenoxy) is 3. The summed E-state index contributed by atoms with van der Waals surface area (Å²) in [6.07, 6.45) is 3.47. The predicted molar refractivity (Wildman–Crippen MR) is 131 cm³/mol. The van der Waals surface area contributed by atoms with Crippen molar-refractivity contribution < 1.29 is 28.6 Å². The molecular weight excluding hydrogens is 480 g/mol. The van der Waals surface area contributed by atoms with Crippen LogP contribution in [0.25, 0.3) is 0 Å². The van der Waals surface area contributed by atoms with Crippen molar-refractivity contribution in [3.8, 4) is 11.8 Å². The maximum atomic E-state index is 13.2. The molecule has 1 N–H and O–H groups in total. The van der Waals surface area contributed by atoms with Crippen LogP contribution >= 0.6 is 0 Å². The summed E-state index contributed by atoms with van der Waals surface area (Å²) in [6, 6.07) is 4.85. The Labute approximate surface area is 214 Å². The molecule has 2 aliphatic rings. The molecule has 194 valence electrons. The van der Waals surface area contributed by atoms with E-state index in [9.17, 15) is 19.6 Å². The summed E-state index contributed by atoms with van der Waals surface area (Å²) >= 11 is 0. The zero-order chi connectivity index (χ0) is 26.4. The van der Waals surface area contributed by atoms with E-state index in [0.717, 1.165) is 5.56 Å². The SMILES string of the molecule is COCCOc1cc(NC(=O)N2CCCc3cc(CN4CC[C@H](OC)C4=O)c(C=O)nc32)ncc1C#N. The van der Waals surface area contributed by atoms with Gasteiger partial charge in [0.1, 0.15) is 47.4 Å². The van der Waals surface area contributed by atoms with E-state index >= 15 is 0 Å². The molecule has 4 rings (SSSR count). The molecule has 0 unspecified atom stereocenters. The Balaban J connectivity index is 1.53. The van der Waals surface area contributed by atoms with Crippen LogP contribution in [0.15, 0.2) is 18.3 Å². The van der Waals surface area contributed by atoms with Gasteiger partial charge in [0.15, 0.2) is 6.29 Å². The number of nitrogens with one attached hydrogen (secondary N) is 1. The van der Waals surface area contributed by atoms with E-state index in [1.54, 1.807) is 12.0 Å². The van der Waals surface area contributed by atoms with Crippen LogP contribution in [0.5, 0.6) is 5.75 Å². The predicted octanol–water partition coefficient (Wildman–Crippen LogP) is 1.92. The topological polar surface area (TPSA) is 147 Å². The molecule has 1 atom stereocenters. The summed E-state index contributed by atoms with van der Waals surface area (Å²) in [6.45, 7) is 1.76. The lowest BCUT2D eigenvalue weighted by Gasteiger charge is -2.29. The van der Waals surface area contributed by atoms with Gasteiger partial charge in [-0.3, -0.25) is 19.8 Å². The number of anilines is 2. The fourth-order valence-electron chi connectivity index (χ4n) is 4.40. The van der Waals surface area contributed by atoms with Crippen molar-refractivity contribution in [2.45, 2.75) is 31.9 Å². The molecule has 0 radical (unpaired) electrons. The Hall–Kier alpha value is -4.08. The van der Waals surface area contributed by atoms with Crippen LogP contribution in [0.2, 0.25) is 0 Å². The van der Waals surface area contributed by atoms with E-state index in [0.29, 0.717) is 56.6 Å². The van der Waals surface area contributed by atoms with Gasteiger partial charge in [-0.1, -0.05) is 0 Å². The van der Waals surface area contributed by atoms with Crippen molar-refractivity contribution in [1.29, 1.82) is 5.26 Å². The number of pyridine rings is 2. The van der Waals surface area contributed by atoms with Crippen LogP contribution in [0.4, 0.5) is 16.4 Å². The zero-order valence-electron chi connectivity index (χ0n) is 20.7. The molecule has 1 saturated heterocycles. The van der Waals surface area contributed by atoms with E-state index in [-0.39, 0.29) is 41.9 Å². The molecule has 37 heavy (non-hydrogen) atoms. The Morgan fingerprint density at radius 2 is 2.14 bits per heavy atom. The molecule has 12 heteroatoms. The van der Waals surface area contributed by atoms with Gasteiger partial charge in [0.25, 0.3) is 5.91 Å². The highest BCUT2D eigenvalue weighted by molar-refractivity contribution is 6.01. The van der Waals surface area contributed by atoms with Crippen LogP contribution in [-0.4, -0.2) is 79.7 Å². The lowest BCUT2D eigenvalue weighted by Crippen LogP contribution is -2.40. The maximum Gasteiger partial charge on any atom is 0.328 e. The molecular formula is C25H28N6O6. The molecule has 0 bridgehead atoms. The normalized spacial score (nSPS) is 16.8. The monoisotopic (exact) mass is 508 g/mol. The van der Waals surface area contributed by atoms with Gasteiger partial charge < -0.3 is 19.1 Å². The highest BCUT2D eigenvalue weighted by atomic mass is 16.5. The number of carbonyl (C=O) groups excluding carboxylic acids is 3. The molecule has 12 nitrogen and oxygen atoms in total. The first-order valence-electron chi connectivity index (χ1n) is 11.9. The standard InChI is InChI=1S/C25H28N6O6/c1-35-8-9-37-21-11-22(27-13-18(21)12-26)29-25(34)31-6-3-4-16-10-17(19(15-32)28-23(16)31)14-30-7-5-20(36-2)24(30)33/h10-11,13,15,20H,3-9,14H2,1-2H3,(H,27,29,34)/t20-/m0/s1. The molecule has 3 amide bonds. The zero-order valence-corrected chi connectivity index (χ0v) is 20.7. The van der Waals surface area contributed by atoms with Crippen LogP contribution in [-0.2, 0) is 27.2 Å². The number of amides is 3. The average Bonchev–Trinajstić information content (AvgIpc) is 3.26. The quantitative estimate of drug-likeness (QED) is 0.396. The number of aromatic nitrogens is 2. The third-order valence-corrected chi connectivity index (χ3v) is 6.29. The molecule has 1 fully saturated rings. The number of aldehydes is 1. The molecule has 0 aliphatic carbocycles. The minimum absolute atomic E-state index is 0.112. The number of nitriles is 1. The second-order valence-corrected chi connectivity index (χ2v) is 8.61. The number of rotatable bonds is 9. The highest BCUT2D eigenvalue weighted by Gasteiger charge is 2.33. The maximum absolute atomic E-state index is 13.2. The van der Waals surface area contributed by atoms with Crippen LogP contribution in [0.1, 0.15) is 40.0 Å². The second-order valence-electron chi connectivity index (χ2n) is 8.61. The third-order valence-electron chi connectivity index (χ3n) is 6.29. The Morgan fingerprint density at radius 1 is 1.30 bits per heavy atom. The number of nitrogens with zero attached hydrogens (tertiary/aromatic N) is 5. The first kappa shape index (κ1) is 26.0. The van der Waals surface area contributed by atoms with Crippen molar-refractivity contribution >= 4 is 29.9 Å². The van der Waals surface area contributed by atoms with Crippen molar-refractivity contribution in [1.82, 2.24) is 14.9 Å². The van der Waals surface area contributed by atoms with Crippen LogP contribution < -0.4 is 15.0 Å². The minimum Gasteiger partial charge on any atom is -0.490 e. The number of urea groups is 1. The fraction of sp³-hybridized carbons (Fsp3) is 0.440. The number of aryl methyl sites for hydroxylation is 1. The van der Waals surface area contributed by atoms with Gasteiger partial charge in [0.2, 0.25) is 0 Å². The number of likely N-dealkylation sites (tertiary alicyclic amines) is 1. The molecule has 0 saturated carbocycles. The molecule has 2 aliphatic heterocycles. The molecule has 2 aromatic rings. The van der Waals surface area contributed by atoms with Crippen molar-refractivity contribution in [3.05, 3.63) is 40.7 Å².